The third kappa shape index (κ3) is 1.95. The zero-order valence-corrected chi connectivity index (χ0v) is 7.24. The molecule has 2 aliphatic heterocycles. The summed E-state index contributed by atoms with van der Waals surface area (Å²) in [5, 5.41) is 0. The zero-order valence-electron chi connectivity index (χ0n) is 7.24. The maximum atomic E-state index is 5.67. The first-order valence-corrected chi connectivity index (χ1v) is 4.52. The van der Waals surface area contributed by atoms with Crippen LogP contribution in [0.3, 0.4) is 0 Å². The van der Waals surface area contributed by atoms with Gasteiger partial charge in [0.05, 0.1) is 12.7 Å². The number of likely N-dealkylation sites (tertiary alicyclic amines) is 1. The van der Waals surface area contributed by atoms with Gasteiger partial charge in [0.25, 0.3) is 0 Å². The van der Waals surface area contributed by atoms with E-state index >= 15 is 0 Å². The number of hydrogen-bond donors (Lipinski definition) is 1. The third-order valence-electron chi connectivity index (χ3n) is 2.42. The minimum atomic E-state index is 0.367. The number of ether oxygens (including phenoxy) is 2. The van der Waals surface area contributed by atoms with E-state index in [4.69, 9.17) is 15.2 Å². The molecule has 0 bridgehead atoms. The monoisotopic (exact) mass is 172 g/mol. The van der Waals surface area contributed by atoms with Gasteiger partial charge in [-0.2, -0.15) is 0 Å². The Kier molecular flexibility index (Phi) is 2.60. The van der Waals surface area contributed by atoms with Crippen LogP contribution in [0.2, 0.25) is 0 Å². The van der Waals surface area contributed by atoms with E-state index in [9.17, 15) is 0 Å². The van der Waals surface area contributed by atoms with Crippen LogP contribution in [0.1, 0.15) is 6.42 Å². The molecule has 4 nitrogen and oxygen atoms in total. The van der Waals surface area contributed by atoms with Gasteiger partial charge in [-0.15, -0.1) is 0 Å². The number of hydrogen-bond acceptors (Lipinski definition) is 4. The third-order valence-corrected chi connectivity index (χ3v) is 2.42. The Morgan fingerprint density at radius 3 is 2.83 bits per heavy atom. The van der Waals surface area contributed by atoms with E-state index in [1.165, 1.54) is 0 Å². The van der Waals surface area contributed by atoms with Crippen molar-refractivity contribution in [2.45, 2.75) is 18.6 Å². The van der Waals surface area contributed by atoms with Gasteiger partial charge in [0.15, 0.2) is 0 Å². The lowest BCUT2D eigenvalue weighted by molar-refractivity contribution is -0.147. The standard InChI is InChI=1S/C8H16N2O2/c9-7-3-10(4-7)5-8-1-2-11-6-12-8/h7-8H,1-6,9H2. The predicted octanol–water partition coefficient (Wildman–Crippen LogP) is -0.608. The molecule has 0 radical (unpaired) electrons. The van der Waals surface area contributed by atoms with E-state index in [-0.39, 0.29) is 0 Å². The first-order chi connectivity index (χ1) is 5.84. The largest absolute Gasteiger partial charge is 0.355 e. The number of rotatable bonds is 2. The van der Waals surface area contributed by atoms with Crippen molar-refractivity contribution in [3.05, 3.63) is 0 Å². The molecular weight excluding hydrogens is 156 g/mol. The molecule has 2 fully saturated rings. The van der Waals surface area contributed by atoms with E-state index < -0.39 is 0 Å². The van der Waals surface area contributed by atoms with Gasteiger partial charge in [0, 0.05) is 25.7 Å². The molecule has 0 aromatic heterocycles. The van der Waals surface area contributed by atoms with Gasteiger partial charge in [-0.1, -0.05) is 0 Å². The molecule has 0 aromatic rings. The molecule has 2 saturated heterocycles. The van der Waals surface area contributed by atoms with Crippen LogP contribution in [0.15, 0.2) is 0 Å². The Balaban J connectivity index is 1.65. The number of nitrogens with two attached hydrogens (primary N) is 1. The van der Waals surface area contributed by atoms with Crippen LogP contribution in [-0.4, -0.2) is 50.1 Å². The van der Waals surface area contributed by atoms with Crippen LogP contribution in [0.5, 0.6) is 0 Å². The summed E-state index contributed by atoms with van der Waals surface area (Å²) in [6.07, 6.45) is 1.39. The van der Waals surface area contributed by atoms with Crippen molar-refractivity contribution >= 4 is 0 Å². The molecule has 0 amide bonds. The summed E-state index contributed by atoms with van der Waals surface area (Å²) in [4.78, 5) is 2.33. The lowest BCUT2D eigenvalue weighted by Gasteiger charge is -2.39. The summed E-state index contributed by atoms with van der Waals surface area (Å²) in [7, 11) is 0. The molecule has 2 rings (SSSR count). The fraction of sp³-hybridized carbons (Fsp3) is 1.00. The first-order valence-electron chi connectivity index (χ1n) is 4.52. The Labute approximate surface area is 72.6 Å². The number of nitrogens with zero attached hydrogens (tertiary/aromatic N) is 1. The molecule has 0 spiro atoms. The topological polar surface area (TPSA) is 47.7 Å². The molecule has 2 heterocycles. The van der Waals surface area contributed by atoms with E-state index in [2.05, 4.69) is 4.90 Å². The van der Waals surface area contributed by atoms with Crippen molar-refractivity contribution in [3.8, 4) is 0 Å². The second kappa shape index (κ2) is 3.70. The van der Waals surface area contributed by atoms with Crippen LogP contribution in [-0.2, 0) is 9.47 Å². The lowest BCUT2D eigenvalue weighted by Crippen LogP contribution is -2.57. The van der Waals surface area contributed by atoms with Crippen LogP contribution in [0.25, 0.3) is 0 Å². The van der Waals surface area contributed by atoms with E-state index in [0.717, 1.165) is 32.7 Å². The summed E-state index contributed by atoms with van der Waals surface area (Å²) in [5.41, 5.74) is 5.67. The van der Waals surface area contributed by atoms with E-state index in [0.29, 0.717) is 18.9 Å². The highest BCUT2D eigenvalue weighted by atomic mass is 16.7. The molecule has 0 aliphatic carbocycles. The van der Waals surface area contributed by atoms with Crippen LogP contribution in [0.4, 0.5) is 0 Å². The average molecular weight is 172 g/mol. The fourth-order valence-electron chi connectivity index (χ4n) is 1.69. The van der Waals surface area contributed by atoms with Gasteiger partial charge in [-0.3, -0.25) is 4.90 Å². The highest BCUT2D eigenvalue weighted by molar-refractivity contribution is 4.84. The predicted molar refractivity (Wildman–Crippen MR) is 44.7 cm³/mol. The molecule has 0 aromatic carbocycles. The zero-order chi connectivity index (χ0) is 8.39. The SMILES string of the molecule is NC1CN(CC2CCOCO2)C1. The highest BCUT2D eigenvalue weighted by Gasteiger charge is 2.26. The van der Waals surface area contributed by atoms with Crippen molar-refractivity contribution in [3.63, 3.8) is 0 Å². The minimum Gasteiger partial charge on any atom is -0.355 e. The summed E-state index contributed by atoms with van der Waals surface area (Å²) in [5.74, 6) is 0. The van der Waals surface area contributed by atoms with Crippen molar-refractivity contribution < 1.29 is 9.47 Å². The molecule has 12 heavy (non-hydrogen) atoms. The maximum absolute atomic E-state index is 5.67. The average Bonchev–Trinajstić information content (AvgIpc) is 2.04. The molecule has 0 saturated carbocycles. The van der Waals surface area contributed by atoms with E-state index in [1.54, 1.807) is 0 Å². The van der Waals surface area contributed by atoms with Gasteiger partial charge in [-0.25, -0.2) is 0 Å². The van der Waals surface area contributed by atoms with E-state index in [1.807, 2.05) is 0 Å². The summed E-state index contributed by atoms with van der Waals surface area (Å²) >= 11 is 0. The maximum Gasteiger partial charge on any atom is 0.147 e. The van der Waals surface area contributed by atoms with Gasteiger partial charge < -0.3 is 15.2 Å². The molecule has 2 N–H and O–H groups in total. The van der Waals surface area contributed by atoms with Crippen molar-refractivity contribution in [2.24, 2.45) is 5.73 Å². The van der Waals surface area contributed by atoms with Crippen molar-refractivity contribution in [1.29, 1.82) is 0 Å². The van der Waals surface area contributed by atoms with Crippen LogP contribution in [0, 0.1) is 0 Å². The van der Waals surface area contributed by atoms with Gasteiger partial charge in [0.1, 0.15) is 6.79 Å². The van der Waals surface area contributed by atoms with Crippen LogP contribution >= 0.6 is 0 Å². The first kappa shape index (κ1) is 8.44. The molecule has 2 aliphatic rings. The smallest absolute Gasteiger partial charge is 0.147 e. The fourth-order valence-corrected chi connectivity index (χ4v) is 1.69. The van der Waals surface area contributed by atoms with Gasteiger partial charge >= 0.3 is 0 Å². The Morgan fingerprint density at radius 1 is 1.42 bits per heavy atom. The summed E-state index contributed by atoms with van der Waals surface area (Å²) in [6.45, 7) is 4.38. The van der Waals surface area contributed by atoms with Crippen molar-refractivity contribution in [2.75, 3.05) is 33.0 Å². The van der Waals surface area contributed by atoms with Crippen molar-refractivity contribution in [1.82, 2.24) is 4.90 Å². The molecule has 70 valence electrons. The summed E-state index contributed by atoms with van der Waals surface area (Å²) < 4.78 is 10.5. The normalized spacial score (nSPS) is 33.2. The minimum absolute atomic E-state index is 0.367. The lowest BCUT2D eigenvalue weighted by atomic mass is 10.1. The van der Waals surface area contributed by atoms with Crippen LogP contribution < -0.4 is 5.73 Å². The van der Waals surface area contributed by atoms with Gasteiger partial charge in [-0.05, 0) is 6.42 Å². The highest BCUT2D eigenvalue weighted by Crippen LogP contribution is 2.12. The Morgan fingerprint density at radius 2 is 2.25 bits per heavy atom. The molecule has 4 heteroatoms. The second-order valence-corrected chi connectivity index (χ2v) is 3.58. The quantitative estimate of drug-likeness (QED) is 0.604. The van der Waals surface area contributed by atoms with Gasteiger partial charge in [0.2, 0.25) is 0 Å². The molecule has 1 unspecified atom stereocenters. The Bertz CT molecular complexity index is 142. The Hall–Kier alpha value is -0.160. The second-order valence-electron chi connectivity index (χ2n) is 3.58. The molecular formula is C8H16N2O2. The summed E-state index contributed by atoms with van der Waals surface area (Å²) in [6, 6.07) is 0.393. The molecule has 1 atom stereocenters.